The molecule has 1 aromatic carbocycles. The van der Waals surface area contributed by atoms with E-state index in [-0.39, 0.29) is 11.8 Å². The Hall–Kier alpha value is -3.35. The Morgan fingerprint density at radius 1 is 0.929 bits per heavy atom. The monoisotopic (exact) mass is 378 g/mol. The fourth-order valence-corrected chi connectivity index (χ4v) is 3.50. The molecule has 3 heterocycles. The van der Waals surface area contributed by atoms with E-state index in [1.807, 2.05) is 35.2 Å². The molecule has 0 atom stereocenters. The van der Waals surface area contributed by atoms with Crippen LogP contribution < -0.4 is 0 Å². The van der Waals surface area contributed by atoms with Gasteiger partial charge in [0.1, 0.15) is 5.69 Å². The van der Waals surface area contributed by atoms with E-state index in [0.717, 1.165) is 6.42 Å². The number of furan rings is 1. The van der Waals surface area contributed by atoms with Crippen LogP contribution in [0.5, 0.6) is 0 Å². The van der Waals surface area contributed by atoms with E-state index in [1.165, 1.54) is 0 Å². The van der Waals surface area contributed by atoms with Crippen molar-refractivity contribution in [2.75, 3.05) is 26.2 Å². The molecule has 3 aromatic rings. The summed E-state index contributed by atoms with van der Waals surface area (Å²) in [5.41, 5.74) is 1.73. The summed E-state index contributed by atoms with van der Waals surface area (Å²) in [5, 5.41) is 4.39. The van der Waals surface area contributed by atoms with Crippen molar-refractivity contribution in [1.82, 2.24) is 19.6 Å². The summed E-state index contributed by atoms with van der Waals surface area (Å²) in [5.74, 6) is 0.487. The fourth-order valence-electron chi connectivity index (χ4n) is 3.50. The predicted octanol–water partition coefficient (Wildman–Crippen LogP) is 2.67. The third kappa shape index (κ3) is 3.55. The maximum atomic E-state index is 13.2. The van der Waals surface area contributed by atoms with Gasteiger partial charge in [0.2, 0.25) is 0 Å². The van der Waals surface area contributed by atoms with E-state index in [9.17, 15) is 9.59 Å². The molecule has 1 fully saturated rings. The molecule has 0 unspecified atom stereocenters. The fraction of sp³-hybridized carbons (Fsp3) is 0.286. The van der Waals surface area contributed by atoms with Gasteiger partial charge in [0.05, 0.1) is 11.8 Å². The summed E-state index contributed by atoms with van der Waals surface area (Å²) in [6.45, 7) is 2.24. The highest BCUT2D eigenvalue weighted by Gasteiger charge is 2.27. The SMILES string of the molecule is Cn1cc(C(=O)N2CCCN(C(=O)c3ccccc3)CC2)c(-c2ccco2)n1. The molecule has 2 aromatic heterocycles. The Labute approximate surface area is 163 Å². The van der Waals surface area contributed by atoms with Crippen LogP contribution in [-0.2, 0) is 7.05 Å². The molecule has 2 amide bonds. The van der Waals surface area contributed by atoms with Gasteiger partial charge in [0, 0.05) is 45.0 Å². The molecule has 28 heavy (non-hydrogen) atoms. The zero-order valence-electron chi connectivity index (χ0n) is 15.7. The Balaban J connectivity index is 1.49. The number of aryl methyl sites for hydroxylation is 1. The number of hydrogen-bond acceptors (Lipinski definition) is 4. The first-order chi connectivity index (χ1) is 13.6. The second-order valence-electron chi connectivity index (χ2n) is 6.85. The molecule has 0 N–H and O–H groups in total. The van der Waals surface area contributed by atoms with Crippen LogP contribution in [0.1, 0.15) is 27.1 Å². The van der Waals surface area contributed by atoms with E-state index < -0.39 is 0 Å². The molecule has 0 saturated carbocycles. The first kappa shape index (κ1) is 18.0. The summed E-state index contributed by atoms with van der Waals surface area (Å²) < 4.78 is 7.05. The molecule has 0 aliphatic carbocycles. The van der Waals surface area contributed by atoms with E-state index in [0.29, 0.717) is 48.8 Å². The van der Waals surface area contributed by atoms with Crippen molar-refractivity contribution in [2.24, 2.45) is 7.05 Å². The van der Waals surface area contributed by atoms with Crippen LogP contribution in [0.15, 0.2) is 59.3 Å². The second-order valence-corrected chi connectivity index (χ2v) is 6.85. The van der Waals surface area contributed by atoms with Crippen molar-refractivity contribution in [2.45, 2.75) is 6.42 Å². The quantitative estimate of drug-likeness (QED) is 0.702. The number of carbonyl (C=O) groups excluding carboxylic acids is 2. The van der Waals surface area contributed by atoms with E-state index >= 15 is 0 Å². The predicted molar refractivity (Wildman–Crippen MR) is 104 cm³/mol. The van der Waals surface area contributed by atoms with Crippen molar-refractivity contribution in [3.63, 3.8) is 0 Å². The Bertz CT molecular complexity index is 963. The Kier molecular flexibility index (Phi) is 4.97. The van der Waals surface area contributed by atoms with Crippen molar-refractivity contribution in [1.29, 1.82) is 0 Å². The van der Waals surface area contributed by atoms with E-state index in [2.05, 4.69) is 5.10 Å². The van der Waals surface area contributed by atoms with Crippen LogP contribution in [0.4, 0.5) is 0 Å². The van der Waals surface area contributed by atoms with Crippen LogP contribution in [0.3, 0.4) is 0 Å². The standard InChI is InChI=1S/C21H22N4O3/c1-23-15-17(19(22-23)18-9-5-14-28-18)21(27)25-11-6-10-24(12-13-25)20(26)16-7-3-2-4-8-16/h2-5,7-9,14-15H,6,10-13H2,1H3. The minimum absolute atomic E-state index is 0.00699. The van der Waals surface area contributed by atoms with Crippen LogP contribution in [0.2, 0.25) is 0 Å². The van der Waals surface area contributed by atoms with Crippen LogP contribution in [0.25, 0.3) is 11.5 Å². The lowest BCUT2D eigenvalue weighted by molar-refractivity contribution is 0.0719. The molecular formula is C21H22N4O3. The minimum Gasteiger partial charge on any atom is -0.463 e. The number of benzene rings is 1. The smallest absolute Gasteiger partial charge is 0.257 e. The molecule has 7 nitrogen and oxygen atoms in total. The Morgan fingerprint density at radius 2 is 1.64 bits per heavy atom. The molecule has 144 valence electrons. The van der Waals surface area contributed by atoms with Crippen molar-refractivity contribution in [3.8, 4) is 11.5 Å². The van der Waals surface area contributed by atoms with Gasteiger partial charge in [-0.3, -0.25) is 14.3 Å². The Morgan fingerprint density at radius 3 is 2.32 bits per heavy atom. The molecule has 4 rings (SSSR count). The highest BCUT2D eigenvalue weighted by atomic mass is 16.3. The maximum Gasteiger partial charge on any atom is 0.257 e. The molecule has 0 radical (unpaired) electrons. The molecule has 1 aliphatic rings. The zero-order valence-corrected chi connectivity index (χ0v) is 15.7. The summed E-state index contributed by atoms with van der Waals surface area (Å²) in [4.78, 5) is 29.5. The van der Waals surface area contributed by atoms with E-state index in [1.54, 1.807) is 41.2 Å². The minimum atomic E-state index is -0.0893. The highest BCUT2D eigenvalue weighted by Crippen LogP contribution is 2.24. The average Bonchev–Trinajstić information content (AvgIpc) is 3.31. The number of aromatic nitrogens is 2. The lowest BCUT2D eigenvalue weighted by atomic mass is 10.2. The van der Waals surface area contributed by atoms with Crippen LogP contribution in [0, 0.1) is 0 Å². The largest absolute Gasteiger partial charge is 0.463 e. The normalized spacial score (nSPS) is 14.8. The van der Waals surface area contributed by atoms with Gasteiger partial charge in [-0.15, -0.1) is 0 Å². The van der Waals surface area contributed by atoms with E-state index in [4.69, 9.17) is 4.42 Å². The number of amides is 2. The number of carbonyl (C=O) groups is 2. The molecule has 0 bridgehead atoms. The van der Waals surface area contributed by atoms with Gasteiger partial charge in [-0.25, -0.2) is 0 Å². The second kappa shape index (κ2) is 7.72. The van der Waals surface area contributed by atoms with Gasteiger partial charge in [0.15, 0.2) is 5.76 Å². The lowest BCUT2D eigenvalue weighted by Gasteiger charge is -2.22. The third-order valence-corrected chi connectivity index (χ3v) is 4.90. The molecule has 1 aliphatic heterocycles. The summed E-state index contributed by atoms with van der Waals surface area (Å²) in [7, 11) is 1.78. The van der Waals surface area contributed by atoms with Crippen LogP contribution in [-0.4, -0.2) is 57.6 Å². The zero-order chi connectivity index (χ0) is 19.5. The van der Waals surface area contributed by atoms with Gasteiger partial charge in [-0.1, -0.05) is 18.2 Å². The summed E-state index contributed by atoms with van der Waals surface area (Å²) in [6, 6.07) is 12.8. The molecule has 7 heteroatoms. The van der Waals surface area contributed by atoms with Gasteiger partial charge in [-0.05, 0) is 30.7 Å². The highest BCUT2D eigenvalue weighted by molar-refractivity contribution is 5.99. The summed E-state index contributed by atoms with van der Waals surface area (Å²) >= 11 is 0. The third-order valence-electron chi connectivity index (χ3n) is 4.90. The number of nitrogens with zero attached hydrogens (tertiary/aromatic N) is 4. The molecule has 1 saturated heterocycles. The van der Waals surface area contributed by atoms with Gasteiger partial charge < -0.3 is 14.2 Å². The van der Waals surface area contributed by atoms with Gasteiger partial charge in [0.25, 0.3) is 11.8 Å². The number of hydrogen-bond donors (Lipinski definition) is 0. The first-order valence-corrected chi connectivity index (χ1v) is 9.34. The maximum absolute atomic E-state index is 13.2. The van der Waals surface area contributed by atoms with Crippen molar-refractivity contribution >= 4 is 11.8 Å². The molecular weight excluding hydrogens is 356 g/mol. The molecule has 0 spiro atoms. The first-order valence-electron chi connectivity index (χ1n) is 9.34. The lowest BCUT2D eigenvalue weighted by Crippen LogP contribution is -2.37. The summed E-state index contributed by atoms with van der Waals surface area (Å²) in [6.07, 6.45) is 4.02. The van der Waals surface area contributed by atoms with Gasteiger partial charge in [-0.2, -0.15) is 5.10 Å². The van der Waals surface area contributed by atoms with Gasteiger partial charge >= 0.3 is 0 Å². The van der Waals surface area contributed by atoms with Crippen LogP contribution >= 0.6 is 0 Å². The topological polar surface area (TPSA) is 71.6 Å². The number of rotatable bonds is 3. The van der Waals surface area contributed by atoms with Crippen molar-refractivity contribution < 1.29 is 14.0 Å². The van der Waals surface area contributed by atoms with Crippen molar-refractivity contribution in [3.05, 3.63) is 66.1 Å². The average molecular weight is 378 g/mol.